The van der Waals surface area contributed by atoms with E-state index in [4.69, 9.17) is 16.4 Å². The molecule has 2 aliphatic heterocycles. The van der Waals surface area contributed by atoms with Gasteiger partial charge in [0.1, 0.15) is 5.92 Å². The zero-order valence-corrected chi connectivity index (χ0v) is 19.4. The Hall–Kier alpha value is -3.35. The number of rotatable bonds is 4. The highest BCUT2D eigenvalue weighted by molar-refractivity contribution is 6.31. The third kappa shape index (κ3) is 3.56. The summed E-state index contributed by atoms with van der Waals surface area (Å²) in [5.41, 5.74) is 4.25. The van der Waals surface area contributed by atoms with Crippen molar-refractivity contribution in [3.05, 3.63) is 88.9 Å². The van der Waals surface area contributed by atoms with Crippen molar-refractivity contribution >= 4 is 40.5 Å². The van der Waals surface area contributed by atoms with Crippen LogP contribution in [0.2, 0.25) is 5.02 Å². The molecule has 0 aromatic heterocycles. The van der Waals surface area contributed by atoms with Crippen molar-refractivity contribution in [1.82, 2.24) is 0 Å². The van der Waals surface area contributed by atoms with Crippen molar-refractivity contribution in [2.75, 3.05) is 29.0 Å². The second-order valence-electron chi connectivity index (χ2n) is 8.59. The summed E-state index contributed by atoms with van der Waals surface area (Å²) in [4.78, 5) is 36.5. The Morgan fingerprint density at radius 3 is 2.30 bits per heavy atom. The van der Waals surface area contributed by atoms with E-state index >= 15 is 0 Å². The van der Waals surface area contributed by atoms with Gasteiger partial charge in [-0.25, -0.2) is 9.96 Å². The second-order valence-corrected chi connectivity index (χ2v) is 9.02. The lowest BCUT2D eigenvalue weighted by molar-refractivity contribution is -0.126. The van der Waals surface area contributed by atoms with Gasteiger partial charge in [0, 0.05) is 24.8 Å². The van der Waals surface area contributed by atoms with Crippen molar-refractivity contribution in [3.63, 3.8) is 0 Å². The number of carbonyl (C=O) groups excluding carboxylic acids is 2. The summed E-state index contributed by atoms with van der Waals surface area (Å²) in [5.74, 6) is -1.34. The number of carbonyl (C=O) groups is 2. The molecule has 0 unspecified atom stereocenters. The quantitative estimate of drug-likeness (QED) is 0.524. The lowest BCUT2D eigenvalue weighted by Crippen LogP contribution is -2.37. The maximum absolute atomic E-state index is 13.7. The van der Waals surface area contributed by atoms with Gasteiger partial charge in [-0.05, 0) is 54.4 Å². The third-order valence-corrected chi connectivity index (χ3v) is 6.52. The first-order chi connectivity index (χ1) is 15.9. The minimum atomic E-state index is -0.908. The Morgan fingerprint density at radius 2 is 1.64 bits per heavy atom. The molecule has 3 atom stereocenters. The van der Waals surface area contributed by atoms with E-state index in [-0.39, 0.29) is 11.8 Å². The topological polar surface area (TPSA) is 53.1 Å². The van der Waals surface area contributed by atoms with Gasteiger partial charge in [-0.15, -0.1) is 0 Å². The van der Waals surface area contributed by atoms with Crippen molar-refractivity contribution in [3.8, 4) is 0 Å². The minimum absolute atomic E-state index is 0.287. The van der Waals surface area contributed by atoms with Crippen molar-refractivity contribution in [1.29, 1.82) is 0 Å². The molecule has 3 aromatic rings. The van der Waals surface area contributed by atoms with Crippen LogP contribution in [0.1, 0.15) is 17.2 Å². The number of aryl methyl sites for hydroxylation is 1. The van der Waals surface area contributed by atoms with Gasteiger partial charge in [0.15, 0.2) is 6.10 Å². The summed E-state index contributed by atoms with van der Waals surface area (Å²) in [6, 6.07) is 22.1. The molecule has 2 saturated heterocycles. The average Bonchev–Trinajstić information content (AvgIpc) is 3.30. The summed E-state index contributed by atoms with van der Waals surface area (Å²) in [7, 11) is 3.96. The van der Waals surface area contributed by atoms with Gasteiger partial charge in [-0.1, -0.05) is 48.0 Å². The number of imide groups is 1. The molecule has 3 aromatic carbocycles. The molecule has 2 aliphatic rings. The number of anilines is 3. The first kappa shape index (κ1) is 21.5. The van der Waals surface area contributed by atoms with Crippen LogP contribution < -0.4 is 14.9 Å². The van der Waals surface area contributed by atoms with E-state index in [1.165, 1.54) is 4.90 Å². The Bertz CT molecular complexity index is 1230. The predicted octanol–water partition coefficient (Wildman–Crippen LogP) is 4.77. The maximum atomic E-state index is 13.7. The molecule has 0 saturated carbocycles. The van der Waals surface area contributed by atoms with Gasteiger partial charge in [0.25, 0.3) is 5.91 Å². The molecule has 7 heteroatoms. The Labute approximate surface area is 197 Å². The smallest absolute Gasteiger partial charge is 0.266 e. The molecule has 5 rings (SSSR count). The van der Waals surface area contributed by atoms with Gasteiger partial charge < -0.3 is 4.90 Å². The first-order valence-electron chi connectivity index (χ1n) is 10.8. The number of fused-ring (bicyclic) bond motifs is 1. The molecule has 0 radical (unpaired) electrons. The normalized spacial score (nSPS) is 22.1. The van der Waals surface area contributed by atoms with Crippen LogP contribution in [0.4, 0.5) is 17.1 Å². The number of amides is 2. The summed E-state index contributed by atoms with van der Waals surface area (Å²) in [6.45, 7) is 1.99. The van der Waals surface area contributed by atoms with Crippen LogP contribution in [0.25, 0.3) is 0 Å². The molecule has 2 heterocycles. The number of benzene rings is 3. The highest BCUT2D eigenvalue weighted by Gasteiger charge is 2.60. The van der Waals surface area contributed by atoms with Gasteiger partial charge in [-0.2, -0.15) is 0 Å². The predicted molar refractivity (Wildman–Crippen MR) is 129 cm³/mol. The lowest BCUT2D eigenvalue weighted by Gasteiger charge is -2.30. The standard InChI is InChI=1S/C26H24ClN3O3/c1-16-7-4-5-10-21(16)30-23(17-11-13-19(14-12-17)28(2)3)22-24(33-30)26(32)29(25(22)31)20-9-6-8-18(27)15-20/h4-15,22-24H,1-3H3/t22-,23+,24-/m0/s1. The number of hydrogen-bond donors (Lipinski definition) is 0. The summed E-state index contributed by atoms with van der Waals surface area (Å²) < 4.78 is 0. The zero-order chi connectivity index (χ0) is 23.3. The van der Waals surface area contributed by atoms with Gasteiger partial charge >= 0.3 is 0 Å². The van der Waals surface area contributed by atoms with Gasteiger partial charge in [0.2, 0.25) is 5.91 Å². The number of halogens is 1. The number of nitrogens with zero attached hydrogens (tertiary/aromatic N) is 3. The van der Waals surface area contributed by atoms with Crippen LogP contribution in [0.15, 0.2) is 72.8 Å². The highest BCUT2D eigenvalue weighted by Crippen LogP contribution is 2.48. The van der Waals surface area contributed by atoms with Crippen LogP contribution in [-0.2, 0) is 14.4 Å². The van der Waals surface area contributed by atoms with E-state index in [2.05, 4.69) is 0 Å². The van der Waals surface area contributed by atoms with E-state index in [1.54, 1.807) is 29.3 Å². The van der Waals surface area contributed by atoms with Gasteiger partial charge in [-0.3, -0.25) is 14.4 Å². The summed E-state index contributed by atoms with van der Waals surface area (Å²) >= 11 is 6.13. The highest BCUT2D eigenvalue weighted by atomic mass is 35.5. The lowest BCUT2D eigenvalue weighted by atomic mass is 9.90. The number of hydroxylamine groups is 1. The maximum Gasteiger partial charge on any atom is 0.266 e. The van der Waals surface area contributed by atoms with E-state index in [9.17, 15) is 9.59 Å². The van der Waals surface area contributed by atoms with Crippen molar-refractivity contribution in [2.45, 2.75) is 19.1 Å². The fourth-order valence-electron chi connectivity index (χ4n) is 4.61. The molecule has 168 valence electrons. The molecule has 0 spiro atoms. The molecular formula is C26H24ClN3O3. The van der Waals surface area contributed by atoms with E-state index in [1.807, 2.05) is 74.4 Å². The number of para-hydroxylation sites is 1. The second kappa shape index (κ2) is 8.21. The van der Waals surface area contributed by atoms with E-state index in [0.717, 1.165) is 22.5 Å². The zero-order valence-electron chi connectivity index (χ0n) is 18.6. The molecule has 33 heavy (non-hydrogen) atoms. The van der Waals surface area contributed by atoms with Crippen LogP contribution in [0, 0.1) is 12.8 Å². The summed E-state index contributed by atoms with van der Waals surface area (Å²) in [6.07, 6.45) is -0.908. The molecule has 0 aliphatic carbocycles. The first-order valence-corrected chi connectivity index (χ1v) is 11.2. The van der Waals surface area contributed by atoms with Crippen molar-refractivity contribution < 1.29 is 14.4 Å². The monoisotopic (exact) mass is 461 g/mol. The fraction of sp³-hybridized carbons (Fsp3) is 0.231. The molecule has 2 fully saturated rings. The Kier molecular flexibility index (Phi) is 5.35. The van der Waals surface area contributed by atoms with Crippen LogP contribution in [0.3, 0.4) is 0 Å². The minimum Gasteiger partial charge on any atom is -0.378 e. The van der Waals surface area contributed by atoms with Crippen molar-refractivity contribution in [2.24, 2.45) is 5.92 Å². The van der Waals surface area contributed by atoms with E-state index < -0.39 is 18.1 Å². The SMILES string of the molecule is Cc1ccccc1N1O[C@@H]2C(=O)N(c3cccc(Cl)c3)C(=O)[C@H]2[C@H]1c1ccc(N(C)C)cc1. The molecule has 2 amide bonds. The largest absolute Gasteiger partial charge is 0.378 e. The Morgan fingerprint density at radius 1 is 0.909 bits per heavy atom. The van der Waals surface area contributed by atoms with Gasteiger partial charge in [0.05, 0.1) is 17.4 Å². The van der Waals surface area contributed by atoms with Crippen LogP contribution in [0.5, 0.6) is 0 Å². The molecular weight excluding hydrogens is 438 g/mol. The fourth-order valence-corrected chi connectivity index (χ4v) is 4.80. The van der Waals surface area contributed by atoms with E-state index in [0.29, 0.717) is 10.7 Å². The molecule has 0 N–H and O–H groups in total. The molecule has 6 nitrogen and oxygen atoms in total. The number of hydrogen-bond acceptors (Lipinski definition) is 5. The third-order valence-electron chi connectivity index (χ3n) is 6.29. The van der Waals surface area contributed by atoms with Crippen LogP contribution >= 0.6 is 11.6 Å². The Balaban J connectivity index is 1.59. The average molecular weight is 462 g/mol. The molecule has 0 bridgehead atoms. The summed E-state index contributed by atoms with van der Waals surface area (Å²) in [5, 5.41) is 2.20. The van der Waals surface area contributed by atoms with Crippen LogP contribution in [-0.4, -0.2) is 32.0 Å².